The zero-order valence-corrected chi connectivity index (χ0v) is 13.0. The number of amides is 1. The highest BCUT2D eigenvalue weighted by molar-refractivity contribution is 5.94. The SMILES string of the molecule is CC1CN(C(=O)c2ccc(OCC(F)(F)F)cc2)CCC1C(=O)O. The Hall–Kier alpha value is -2.25. The second-order valence-corrected chi connectivity index (χ2v) is 5.89. The van der Waals surface area contributed by atoms with Crippen molar-refractivity contribution < 1.29 is 32.6 Å². The van der Waals surface area contributed by atoms with Crippen molar-refractivity contribution in [3.05, 3.63) is 29.8 Å². The number of ether oxygens (including phenoxy) is 1. The minimum absolute atomic E-state index is 0.0295. The van der Waals surface area contributed by atoms with Crippen molar-refractivity contribution in [1.29, 1.82) is 0 Å². The number of benzene rings is 1. The molecule has 2 atom stereocenters. The van der Waals surface area contributed by atoms with Crippen LogP contribution in [0, 0.1) is 11.8 Å². The Labute approximate surface area is 137 Å². The molecule has 132 valence electrons. The topological polar surface area (TPSA) is 66.8 Å². The van der Waals surface area contributed by atoms with E-state index >= 15 is 0 Å². The highest BCUT2D eigenvalue weighted by Gasteiger charge is 2.33. The van der Waals surface area contributed by atoms with Gasteiger partial charge in [-0.1, -0.05) is 6.92 Å². The fourth-order valence-electron chi connectivity index (χ4n) is 2.74. The number of carbonyl (C=O) groups excluding carboxylic acids is 1. The monoisotopic (exact) mass is 345 g/mol. The summed E-state index contributed by atoms with van der Waals surface area (Å²) < 4.78 is 40.9. The predicted molar refractivity (Wildman–Crippen MR) is 78.8 cm³/mol. The number of aliphatic carboxylic acids is 1. The average molecular weight is 345 g/mol. The number of hydrogen-bond donors (Lipinski definition) is 1. The number of piperidine rings is 1. The number of carbonyl (C=O) groups is 2. The zero-order chi connectivity index (χ0) is 17.9. The molecule has 2 unspecified atom stereocenters. The van der Waals surface area contributed by atoms with Gasteiger partial charge in [0.05, 0.1) is 5.92 Å². The van der Waals surface area contributed by atoms with Gasteiger partial charge in [-0.2, -0.15) is 13.2 Å². The first-order valence-corrected chi connectivity index (χ1v) is 7.49. The van der Waals surface area contributed by atoms with E-state index in [1.165, 1.54) is 24.3 Å². The van der Waals surface area contributed by atoms with Gasteiger partial charge in [-0.3, -0.25) is 9.59 Å². The molecule has 5 nitrogen and oxygen atoms in total. The number of carboxylic acids is 1. The third-order valence-corrected chi connectivity index (χ3v) is 4.01. The van der Waals surface area contributed by atoms with E-state index in [1.54, 1.807) is 11.8 Å². The minimum atomic E-state index is -4.42. The molecular weight excluding hydrogens is 327 g/mol. The van der Waals surface area contributed by atoms with Crippen LogP contribution in [-0.4, -0.2) is 47.8 Å². The first-order chi connectivity index (χ1) is 11.2. The molecule has 0 aromatic heterocycles. The van der Waals surface area contributed by atoms with Crippen molar-refractivity contribution in [2.24, 2.45) is 11.8 Å². The van der Waals surface area contributed by atoms with Gasteiger partial charge in [0.1, 0.15) is 5.75 Å². The summed E-state index contributed by atoms with van der Waals surface area (Å²) in [5.74, 6) is -1.72. The van der Waals surface area contributed by atoms with Crippen LogP contribution < -0.4 is 4.74 Å². The molecule has 1 N–H and O–H groups in total. The summed E-state index contributed by atoms with van der Waals surface area (Å²) >= 11 is 0. The summed E-state index contributed by atoms with van der Waals surface area (Å²) in [6, 6.07) is 5.43. The second kappa shape index (κ2) is 7.11. The third kappa shape index (κ3) is 4.62. The Morgan fingerprint density at radius 3 is 2.42 bits per heavy atom. The van der Waals surface area contributed by atoms with Gasteiger partial charge in [0.25, 0.3) is 5.91 Å². The number of nitrogens with zero attached hydrogens (tertiary/aromatic N) is 1. The van der Waals surface area contributed by atoms with Crippen LogP contribution in [0.25, 0.3) is 0 Å². The van der Waals surface area contributed by atoms with Gasteiger partial charge in [-0.25, -0.2) is 0 Å². The standard InChI is InChI=1S/C16H18F3NO4/c1-10-8-20(7-6-13(10)15(22)23)14(21)11-2-4-12(5-3-11)24-9-16(17,18)19/h2-5,10,13H,6-9H2,1H3,(H,22,23). The fraction of sp³-hybridized carbons (Fsp3) is 0.500. The van der Waals surface area contributed by atoms with Crippen LogP contribution in [0.1, 0.15) is 23.7 Å². The maximum Gasteiger partial charge on any atom is 0.422 e. The zero-order valence-electron chi connectivity index (χ0n) is 13.0. The first kappa shape index (κ1) is 18.1. The van der Waals surface area contributed by atoms with Crippen LogP contribution in [0.4, 0.5) is 13.2 Å². The van der Waals surface area contributed by atoms with Crippen LogP contribution in [0.3, 0.4) is 0 Å². The van der Waals surface area contributed by atoms with Crippen LogP contribution in [0.2, 0.25) is 0 Å². The lowest BCUT2D eigenvalue weighted by molar-refractivity contribution is -0.153. The first-order valence-electron chi connectivity index (χ1n) is 7.49. The number of carboxylic acid groups (broad SMARTS) is 1. The number of likely N-dealkylation sites (tertiary alicyclic amines) is 1. The molecule has 1 aliphatic heterocycles. The molecule has 1 heterocycles. The van der Waals surface area contributed by atoms with E-state index in [0.717, 1.165) is 0 Å². The molecule has 1 amide bonds. The Kier molecular flexibility index (Phi) is 5.36. The van der Waals surface area contributed by atoms with E-state index in [0.29, 0.717) is 25.1 Å². The van der Waals surface area contributed by atoms with Gasteiger partial charge in [-0.05, 0) is 36.6 Å². The van der Waals surface area contributed by atoms with E-state index in [-0.39, 0.29) is 17.6 Å². The van der Waals surface area contributed by atoms with Crippen molar-refractivity contribution in [2.45, 2.75) is 19.5 Å². The summed E-state index contributed by atoms with van der Waals surface area (Å²) in [4.78, 5) is 25.1. The van der Waals surface area contributed by atoms with Gasteiger partial charge < -0.3 is 14.7 Å². The molecule has 8 heteroatoms. The molecule has 1 saturated heterocycles. The van der Waals surface area contributed by atoms with Crippen molar-refractivity contribution in [3.8, 4) is 5.75 Å². The number of halogens is 3. The Bertz CT molecular complexity index is 600. The van der Waals surface area contributed by atoms with Crippen molar-refractivity contribution in [1.82, 2.24) is 4.90 Å². The maximum absolute atomic E-state index is 12.4. The van der Waals surface area contributed by atoms with Crippen LogP contribution in [0.5, 0.6) is 5.75 Å². The normalized spacial score (nSPS) is 21.4. The summed E-state index contributed by atoms with van der Waals surface area (Å²) in [5, 5.41) is 9.09. The van der Waals surface area contributed by atoms with Gasteiger partial charge in [0, 0.05) is 18.7 Å². The van der Waals surface area contributed by atoms with E-state index in [1.807, 2.05) is 0 Å². The van der Waals surface area contributed by atoms with Crippen molar-refractivity contribution in [2.75, 3.05) is 19.7 Å². The molecule has 1 aromatic carbocycles. The predicted octanol–water partition coefficient (Wildman–Crippen LogP) is 2.81. The van der Waals surface area contributed by atoms with E-state index < -0.39 is 24.7 Å². The van der Waals surface area contributed by atoms with Crippen LogP contribution in [-0.2, 0) is 4.79 Å². The quantitative estimate of drug-likeness (QED) is 0.911. The minimum Gasteiger partial charge on any atom is -0.484 e. The number of hydrogen-bond acceptors (Lipinski definition) is 3. The molecular formula is C16H18F3NO4. The van der Waals surface area contributed by atoms with E-state index in [2.05, 4.69) is 4.74 Å². The summed E-state index contributed by atoms with van der Waals surface area (Å²) in [7, 11) is 0. The van der Waals surface area contributed by atoms with Gasteiger partial charge in [-0.15, -0.1) is 0 Å². The third-order valence-electron chi connectivity index (χ3n) is 4.01. The lowest BCUT2D eigenvalue weighted by Gasteiger charge is -2.35. The molecule has 1 fully saturated rings. The number of alkyl halides is 3. The Balaban J connectivity index is 1.97. The maximum atomic E-state index is 12.4. The fourth-order valence-corrected chi connectivity index (χ4v) is 2.74. The van der Waals surface area contributed by atoms with Crippen LogP contribution >= 0.6 is 0 Å². The highest BCUT2D eigenvalue weighted by Crippen LogP contribution is 2.25. The molecule has 0 radical (unpaired) electrons. The average Bonchev–Trinajstić information content (AvgIpc) is 2.51. The van der Waals surface area contributed by atoms with Gasteiger partial charge >= 0.3 is 12.1 Å². The van der Waals surface area contributed by atoms with E-state index in [4.69, 9.17) is 5.11 Å². The van der Waals surface area contributed by atoms with Gasteiger partial charge in [0.15, 0.2) is 6.61 Å². The lowest BCUT2D eigenvalue weighted by atomic mass is 9.87. The Morgan fingerprint density at radius 1 is 1.29 bits per heavy atom. The van der Waals surface area contributed by atoms with Crippen molar-refractivity contribution in [3.63, 3.8) is 0 Å². The van der Waals surface area contributed by atoms with E-state index in [9.17, 15) is 22.8 Å². The molecule has 0 spiro atoms. The van der Waals surface area contributed by atoms with Gasteiger partial charge in [0.2, 0.25) is 0 Å². The molecule has 2 rings (SSSR count). The largest absolute Gasteiger partial charge is 0.484 e. The molecule has 0 bridgehead atoms. The molecule has 0 saturated carbocycles. The highest BCUT2D eigenvalue weighted by atomic mass is 19.4. The molecule has 0 aliphatic carbocycles. The number of rotatable bonds is 4. The smallest absolute Gasteiger partial charge is 0.422 e. The Morgan fingerprint density at radius 2 is 1.92 bits per heavy atom. The van der Waals surface area contributed by atoms with Crippen LogP contribution in [0.15, 0.2) is 24.3 Å². The summed E-state index contributed by atoms with van der Waals surface area (Å²) in [5.41, 5.74) is 0.329. The molecule has 1 aromatic rings. The molecule has 1 aliphatic rings. The lowest BCUT2D eigenvalue weighted by Crippen LogP contribution is -2.45. The summed E-state index contributed by atoms with van der Waals surface area (Å²) in [6.07, 6.45) is -4.03. The second-order valence-electron chi connectivity index (χ2n) is 5.89. The molecule has 24 heavy (non-hydrogen) atoms. The van der Waals surface area contributed by atoms with Crippen molar-refractivity contribution >= 4 is 11.9 Å². The summed E-state index contributed by atoms with van der Waals surface area (Å²) in [6.45, 7) is 1.07.